The van der Waals surface area contributed by atoms with Gasteiger partial charge < -0.3 is 5.11 Å². The first-order chi connectivity index (χ1) is 7.18. The van der Waals surface area contributed by atoms with Gasteiger partial charge in [-0.3, -0.25) is 0 Å². The first kappa shape index (κ1) is 11.4. The number of hydrogen-bond acceptors (Lipinski definition) is 1. The van der Waals surface area contributed by atoms with Crippen LogP contribution in [-0.2, 0) is 0 Å². The van der Waals surface area contributed by atoms with Crippen LogP contribution in [0.2, 0.25) is 0 Å². The standard InChI is InChI=1S/C13H17IO/c1-9-4-2-7-11(13(9)14)12(15)8-10-5-3-6-10/h2,4,7,10,12,15H,3,5-6,8H2,1H3. The van der Waals surface area contributed by atoms with Crippen LogP contribution in [0.25, 0.3) is 0 Å². The van der Waals surface area contributed by atoms with Gasteiger partial charge in [-0.2, -0.15) is 0 Å². The van der Waals surface area contributed by atoms with E-state index in [-0.39, 0.29) is 6.10 Å². The highest BCUT2D eigenvalue weighted by Gasteiger charge is 2.22. The summed E-state index contributed by atoms with van der Waals surface area (Å²) in [6.45, 7) is 2.10. The third-order valence-corrected chi connectivity index (χ3v) is 4.84. The van der Waals surface area contributed by atoms with Crippen molar-refractivity contribution in [3.8, 4) is 0 Å². The molecule has 2 heteroatoms. The lowest BCUT2D eigenvalue weighted by atomic mass is 9.80. The molecule has 1 aliphatic rings. The smallest absolute Gasteiger partial charge is 0.0803 e. The van der Waals surface area contributed by atoms with Crippen molar-refractivity contribution in [2.45, 2.75) is 38.7 Å². The molecule has 0 radical (unpaired) electrons. The predicted molar refractivity (Wildman–Crippen MR) is 70.8 cm³/mol. The maximum Gasteiger partial charge on any atom is 0.0803 e. The van der Waals surface area contributed by atoms with E-state index in [2.05, 4.69) is 41.6 Å². The zero-order valence-corrected chi connectivity index (χ0v) is 11.2. The van der Waals surface area contributed by atoms with E-state index < -0.39 is 0 Å². The Bertz CT molecular complexity index is 344. The molecule has 1 unspecified atom stereocenters. The normalized spacial score (nSPS) is 18.6. The number of rotatable bonds is 3. The summed E-state index contributed by atoms with van der Waals surface area (Å²) in [7, 11) is 0. The SMILES string of the molecule is Cc1cccc(C(O)CC2CCC2)c1I. The van der Waals surface area contributed by atoms with Gasteiger partial charge in [-0.15, -0.1) is 0 Å². The second-order valence-corrected chi connectivity index (χ2v) is 5.61. The average molecular weight is 316 g/mol. The van der Waals surface area contributed by atoms with Crippen molar-refractivity contribution >= 4 is 22.6 Å². The lowest BCUT2D eigenvalue weighted by Crippen LogP contribution is -2.15. The number of aryl methyl sites for hydroxylation is 1. The Kier molecular flexibility index (Phi) is 3.67. The minimum absolute atomic E-state index is 0.262. The molecule has 1 N–H and O–H groups in total. The van der Waals surface area contributed by atoms with Crippen molar-refractivity contribution in [3.63, 3.8) is 0 Å². The molecule has 1 atom stereocenters. The van der Waals surface area contributed by atoms with Crippen LogP contribution in [0.1, 0.15) is 42.9 Å². The maximum atomic E-state index is 10.2. The van der Waals surface area contributed by atoms with Crippen LogP contribution in [0.4, 0.5) is 0 Å². The fraction of sp³-hybridized carbons (Fsp3) is 0.538. The molecule has 0 saturated heterocycles. The van der Waals surface area contributed by atoms with Crippen molar-refractivity contribution in [2.75, 3.05) is 0 Å². The van der Waals surface area contributed by atoms with Crippen molar-refractivity contribution < 1.29 is 5.11 Å². The number of hydrogen-bond donors (Lipinski definition) is 1. The molecule has 15 heavy (non-hydrogen) atoms. The van der Waals surface area contributed by atoms with Gasteiger partial charge in [-0.1, -0.05) is 37.5 Å². The molecular formula is C13H17IO. The fourth-order valence-electron chi connectivity index (χ4n) is 2.10. The molecule has 1 fully saturated rings. The molecule has 0 bridgehead atoms. The highest BCUT2D eigenvalue weighted by Crippen LogP contribution is 2.36. The molecule has 1 saturated carbocycles. The summed E-state index contributed by atoms with van der Waals surface area (Å²) >= 11 is 2.34. The van der Waals surface area contributed by atoms with E-state index >= 15 is 0 Å². The summed E-state index contributed by atoms with van der Waals surface area (Å²) < 4.78 is 1.22. The van der Waals surface area contributed by atoms with E-state index in [0.717, 1.165) is 17.9 Å². The summed E-state index contributed by atoms with van der Waals surface area (Å²) in [4.78, 5) is 0. The molecule has 0 spiro atoms. The maximum absolute atomic E-state index is 10.2. The summed E-state index contributed by atoms with van der Waals surface area (Å²) in [6, 6.07) is 6.19. The van der Waals surface area contributed by atoms with E-state index in [1.54, 1.807) is 0 Å². The van der Waals surface area contributed by atoms with Gasteiger partial charge in [0.2, 0.25) is 0 Å². The lowest BCUT2D eigenvalue weighted by molar-refractivity contribution is 0.118. The molecule has 0 aliphatic heterocycles. The minimum atomic E-state index is -0.262. The molecule has 1 aliphatic carbocycles. The van der Waals surface area contributed by atoms with Gasteiger partial charge in [0, 0.05) is 3.57 Å². The highest BCUT2D eigenvalue weighted by atomic mass is 127. The van der Waals surface area contributed by atoms with Gasteiger partial charge in [0.1, 0.15) is 0 Å². The number of halogens is 1. The Balaban J connectivity index is 2.09. The molecule has 82 valence electrons. The summed E-state index contributed by atoms with van der Waals surface area (Å²) in [5.74, 6) is 0.760. The van der Waals surface area contributed by atoms with Crippen LogP contribution >= 0.6 is 22.6 Å². The zero-order chi connectivity index (χ0) is 10.8. The van der Waals surface area contributed by atoms with Crippen LogP contribution in [-0.4, -0.2) is 5.11 Å². The second-order valence-electron chi connectivity index (χ2n) is 4.53. The van der Waals surface area contributed by atoms with E-state index in [4.69, 9.17) is 0 Å². The van der Waals surface area contributed by atoms with E-state index in [1.165, 1.54) is 28.4 Å². The topological polar surface area (TPSA) is 20.2 Å². The Labute approximate surface area is 105 Å². The summed E-state index contributed by atoms with van der Waals surface area (Å²) in [5.41, 5.74) is 2.38. The largest absolute Gasteiger partial charge is 0.388 e. The zero-order valence-electron chi connectivity index (χ0n) is 9.04. The van der Waals surface area contributed by atoms with Crippen LogP contribution in [0.15, 0.2) is 18.2 Å². The van der Waals surface area contributed by atoms with E-state index in [1.807, 2.05) is 6.07 Å². The van der Waals surface area contributed by atoms with Crippen LogP contribution in [0.5, 0.6) is 0 Å². The second kappa shape index (κ2) is 4.83. The van der Waals surface area contributed by atoms with E-state index in [0.29, 0.717) is 0 Å². The quantitative estimate of drug-likeness (QED) is 0.841. The van der Waals surface area contributed by atoms with E-state index in [9.17, 15) is 5.11 Å². The fourth-order valence-corrected chi connectivity index (χ4v) is 2.82. The van der Waals surface area contributed by atoms with Gasteiger partial charge in [-0.25, -0.2) is 0 Å². The van der Waals surface area contributed by atoms with Crippen LogP contribution < -0.4 is 0 Å². The van der Waals surface area contributed by atoms with Gasteiger partial charge >= 0.3 is 0 Å². The summed E-state index contributed by atoms with van der Waals surface area (Å²) in [6.07, 6.45) is 4.64. The molecule has 1 aromatic carbocycles. The Morgan fingerprint density at radius 3 is 2.80 bits per heavy atom. The monoisotopic (exact) mass is 316 g/mol. The van der Waals surface area contributed by atoms with Gasteiger partial charge in [0.05, 0.1) is 6.10 Å². The van der Waals surface area contributed by atoms with Gasteiger partial charge in [0.25, 0.3) is 0 Å². The first-order valence-corrected chi connectivity index (χ1v) is 6.69. The highest BCUT2D eigenvalue weighted by molar-refractivity contribution is 14.1. The third-order valence-electron chi connectivity index (χ3n) is 3.36. The molecule has 0 amide bonds. The lowest BCUT2D eigenvalue weighted by Gasteiger charge is -2.28. The number of aliphatic hydroxyl groups is 1. The molecule has 2 rings (SSSR count). The number of benzene rings is 1. The van der Waals surface area contributed by atoms with Crippen LogP contribution in [0, 0.1) is 16.4 Å². The van der Waals surface area contributed by atoms with Crippen LogP contribution in [0.3, 0.4) is 0 Å². The average Bonchev–Trinajstić information content (AvgIpc) is 2.15. The predicted octanol–water partition coefficient (Wildman–Crippen LogP) is 3.82. The first-order valence-electron chi connectivity index (χ1n) is 5.61. The molecule has 1 nitrogen and oxygen atoms in total. The third kappa shape index (κ3) is 2.53. The summed E-state index contributed by atoms with van der Waals surface area (Å²) in [5, 5.41) is 10.2. The molecular weight excluding hydrogens is 299 g/mol. The molecule has 1 aromatic rings. The number of aliphatic hydroxyl groups excluding tert-OH is 1. The molecule has 0 heterocycles. The minimum Gasteiger partial charge on any atom is -0.388 e. The Hall–Kier alpha value is -0.0900. The molecule has 0 aromatic heterocycles. The van der Waals surface area contributed by atoms with Gasteiger partial charge in [-0.05, 0) is 53.0 Å². The van der Waals surface area contributed by atoms with Crippen molar-refractivity contribution in [3.05, 3.63) is 32.9 Å². The van der Waals surface area contributed by atoms with Crippen molar-refractivity contribution in [1.82, 2.24) is 0 Å². The van der Waals surface area contributed by atoms with Crippen molar-refractivity contribution in [1.29, 1.82) is 0 Å². The Morgan fingerprint density at radius 1 is 1.47 bits per heavy atom. The van der Waals surface area contributed by atoms with Gasteiger partial charge in [0.15, 0.2) is 0 Å². The Morgan fingerprint density at radius 2 is 2.20 bits per heavy atom. The van der Waals surface area contributed by atoms with Crippen molar-refractivity contribution in [2.24, 2.45) is 5.92 Å².